The Morgan fingerprint density at radius 2 is 2.10 bits per heavy atom. The van der Waals surface area contributed by atoms with Gasteiger partial charge < -0.3 is 5.32 Å². The Bertz CT molecular complexity index is 439. The highest BCUT2D eigenvalue weighted by Crippen LogP contribution is 2.28. The van der Waals surface area contributed by atoms with Gasteiger partial charge in [0.25, 0.3) is 0 Å². The number of halogens is 3. The summed E-state index contributed by atoms with van der Waals surface area (Å²) in [4.78, 5) is 0. The van der Waals surface area contributed by atoms with E-state index >= 15 is 0 Å². The van der Waals surface area contributed by atoms with Gasteiger partial charge in [-0.05, 0) is 38.7 Å². The minimum absolute atomic E-state index is 0.109. The molecule has 2 unspecified atom stereocenters. The molecule has 1 aromatic heterocycles. The molecule has 2 atom stereocenters. The fraction of sp³-hybridized carbons (Fsp3) is 0.786. The van der Waals surface area contributed by atoms with Crippen LogP contribution >= 0.6 is 0 Å². The standard InChI is InChI=1S/C14H22F3N3/c1-3-10-8-12(20(4-2)19-10)9-11-6-5-7-13(18-11)14(15,16)17/h8,11,13,18H,3-7,9H2,1-2H3. The molecule has 0 saturated carbocycles. The summed E-state index contributed by atoms with van der Waals surface area (Å²) in [5, 5.41) is 7.20. The summed E-state index contributed by atoms with van der Waals surface area (Å²) in [6.07, 6.45) is -1.06. The first-order chi connectivity index (χ1) is 9.44. The van der Waals surface area contributed by atoms with Crippen molar-refractivity contribution < 1.29 is 13.2 Å². The van der Waals surface area contributed by atoms with Gasteiger partial charge in [0.15, 0.2) is 0 Å². The van der Waals surface area contributed by atoms with Gasteiger partial charge in [0.05, 0.1) is 5.69 Å². The van der Waals surface area contributed by atoms with Crippen LogP contribution in [0, 0.1) is 0 Å². The van der Waals surface area contributed by atoms with Crippen LogP contribution in [0.4, 0.5) is 13.2 Å². The van der Waals surface area contributed by atoms with E-state index in [-0.39, 0.29) is 12.5 Å². The normalized spacial score (nSPS) is 24.1. The molecule has 2 heterocycles. The van der Waals surface area contributed by atoms with Crippen LogP contribution in [0.25, 0.3) is 0 Å². The second kappa shape index (κ2) is 6.16. The van der Waals surface area contributed by atoms with Crippen LogP contribution in [0.5, 0.6) is 0 Å². The third-order valence-corrected chi connectivity index (χ3v) is 3.91. The number of nitrogens with one attached hydrogen (secondary N) is 1. The average molecular weight is 289 g/mol. The van der Waals surface area contributed by atoms with E-state index in [0.717, 1.165) is 30.8 Å². The lowest BCUT2D eigenvalue weighted by molar-refractivity contribution is -0.163. The van der Waals surface area contributed by atoms with Crippen molar-refractivity contribution >= 4 is 0 Å². The summed E-state index contributed by atoms with van der Waals surface area (Å²) >= 11 is 0. The van der Waals surface area contributed by atoms with E-state index < -0.39 is 12.2 Å². The molecule has 2 rings (SSSR count). The Hall–Kier alpha value is -1.04. The van der Waals surface area contributed by atoms with Crippen molar-refractivity contribution in [3.8, 4) is 0 Å². The Morgan fingerprint density at radius 3 is 2.70 bits per heavy atom. The number of piperidine rings is 1. The molecule has 0 spiro atoms. The van der Waals surface area contributed by atoms with Crippen molar-refractivity contribution in [2.75, 3.05) is 0 Å². The maximum Gasteiger partial charge on any atom is 0.403 e. The van der Waals surface area contributed by atoms with Crippen LogP contribution in [0.3, 0.4) is 0 Å². The van der Waals surface area contributed by atoms with Crippen LogP contribution in [0.1, 0.15) is 44.5 Å². The van der Waals surface area contributed by atoms with Gasteiger partial charge in [-0.1, -0.05) is 6.92 Å². The zero-order chi connectivity index (χ0) is 14.8. The summed E-state index contributed by atoms with van der Waals surface area (Å²) < 4.78 is 40.2. The van der Waals surface area contributed by atoms with E-state index in [1.807, 2.05) is 24.6 Å². The number of nitrogens with zero attached hydrogens (tertiary/aromatic N) is 2. The number of aryl methyl sites for hydroxylation is 2. The Balaban J connectivity index is 2.04. The Kier molecular flexibility index (Phi) is 4.73. The van der Waals surface area contributed by atoms with Crippen molar-refractivity contribution in [3.05, 3.63) is 17.5 Å². The van der Waals surface area contributed by atoms with Gasteiger partial charge in [-0.2, -0.15) is 18.3 Å². The van der Waals surface area contributed by atoms with Gasteiger partial charge >= 0.3 is 6.18 Å². The topological polar surface area (TPSA) is 29.9 Å². The van der Waals surface area contributed by atoms with E-state index in [1.165, 1.54) is 0 Å². The predicted octanol–water partition coefficient (Wildman–Crippen LogP) is 3.08. The summed E-state index contributed by atoms with van der Waals surface area (Å²) in [7, 11) is 0. The van der Waals surface area contributed by atoms with Gasteiger partial charge in [-0.15, -0.1) is 0 Å². The van der Waals surface area contributed by atoms with Crippen LogP contribution in [0.2, 0.25) is 0 Å². The van der Waals surface area contributed by atoms with E-state index in [0.29, 0.717) is 12.8 Å². The smallest absolute Gasteiger partial charge is 0.303 e. The van der Waals surface area contributed by atoms with Crippen molar-refractivity contribution in [2.45, 2.75) is 70.8 Å². The van der Waals surface area contributed by atoms with Gasteiger partial charge in [0.2, 0.25) is 0 Å². The molecule has 20 heavy (non-hydrogen) atoms. The average Bonchev–Trinajstić information content (AvgIpc) is 2.80. The summed E-state index contributed by atoms with van der Waals surface area (Å²) in [5.41, 5.74) is 2.04. The van der Waals surface area contributed by atoms with Crippen LogP contribution < -0.4 is 5.32 Å². The molecule has 1 saturated heterocycles. The maximum atomic E-state index is 12.8. The minimum Gasteiger partial charge on any atom is -0.303 e. The van der Waals surface area contributed by atoms with E-state index in [2.05, 4.69) is 10.4 Å². The molecular formula is C14H22F3N3. The lowest BCUT2D eigenvalue weighted by Gasteiger charge is -2.32. The highest BCUT2D eigenvalue weighted by atomic mass is 19.4. The number of hydrogen-bond acceptors (Lipinski definition) is 2. The highest BCUT2D eigenvalue weighted by molar-refractivity contribution is 5.12. The second-order valence-corrected chi connectivity index (χ2v) is 5.39. The quantitative estimate of drug-likeness (QED) is 0.923. The predicted molar refractivity (Wildman–Crippen MR) is 71.6 cm³/mol. The zero-order valence-corrected chi connectivity index (χ0v) is 12.0. The van der Waals surface area contributed by atoms with Crippen LogP contribution in [0.15, 0.2) is 6.07 Å². The lowest BCUT2D eigenvalue weighted by Crippen LogP contribution is -2.51. The van der Waals surface area contributed by atoms with Gasteiger partial charge in [-0.25, -0.2) is 0 Å². The lowest BCUT2D eigenvalue weighted by atomic mass is 9.95. The number of alkyl halides is 3. The first-order valence-electron chi connectivity index (χ1n) is 7.32. The van der Waals surface area contributed by atoms with Gasteiger partial charge in [0, 0.05) is 24.7 Å². The molecule has 1 fully saturated rings. The molecule has 1 aromatic rings. The number of hydrogen-bond donors (Lipinski definition) is 1. The van der Waals surface area contributed by atoms with Crippen molar-refractivity contribution in [3.63, 3.8) is 0 Å². The Morgan fingerprint density at radius 1 is 1.35 bits per heavy atom. The first kappa shape index (κ1) is 15.4. The Labute approximate surface area is 117 Å². The zero-order valence-electron chi connectivity index (χ0n) is 12.0. The number of aromatic nitrogens is 2. The van der Waals surface area contributed by atoms with E-state index in [4.69, 9.17) is 0 Å². The summed E-state index contributed by atoms with van der Waals surface area (Å²) in [6.45, 7) is 4.79. The van der Waals surface area contributed by atoms with Crippen LogP contribution in [-0.2, 0) is 19.4 Å². The van der Waals surface area contributed by atoms with Crippen molar-refractivity contribution in [1.29, 1.82) is 0 Å². The molecule has 0 bridgehead atoms. The van der Waals surface area contributed by atoms with Gasteiger partial charge in [-0.3, -0.25) is 4.68 Å². The minimum atomic E-state index is -4.14. The molecule has 1 aliphatic heterocycles. The molecule has 1 N–H and O–H groups in total. The number of rotatable bonds is 4. The molecule has 0 amide bonds. The third kappa shape index (κ3) is 3.53. The van der Waals surface area contributed by atoms with E-state index in [1.54, 1.807) is 0 Å². The fourth-order valence-electron chi connectivity index (χ4n) is 2.82. The largest absolute Gasteiger partial charge is 0.403 e. The molecule has 0 aromatic carbocycles. The van der Waals surface area contributed by atoms with E-state index in [9.17, 15) is 13.2 Å². The molecule has 3 nitrogen and oxygen atoms in total. The second-order valence-electron chi connectivity index (χ2n) is 5.39. The summed E-state index contributed by atoms with van der Waals surface area (Å²) in [6, 6.07) is 0.550. The molecule has 114 valence electrons. The van der Waals surface area contributed by atoms with Crippen molar-refractivity contribution in [1.82, 2.24) is 15.1 Å². The highest BCUT2D eigenvalue weighted by Gasteiger charge is 2.42. The van der Waals surface area contributed by atoms with Crippen molar-refractivity contribution in [2.24, 2.45) is 0 Å². The van der Waals surface area contributed by atoms with Gasteiger partial charge in [0.1, 0.15) is 6.04 Å². The molecule has 6 heteroatoms. The SMILES string of the molecule is CCc1cc(CC2CCCC(C(F)(F)F)N2)n(CC)n1. The maximum absolute atomic E-state index is 12.8. The molecular weight excluding hydrogens is 267 g/mol. The molecule has 1 aliphatic rings. The first-order valence-corrected chi connectivity index (χ1v) is 7.32. The molecule has 0 radical (unpaired) electrons. The monoisotopic (exact) mass is 289 g/mol. The molecule has 0 aliphatic carbocycles. The summed E-state index contributed by atoms with van der Waals surface area (Å²) in [5.74, 6) is 0. The third-order valence-electron chi connectivity index (χ3n) is 3.91. The fourth-order valence-corrected chi connectivity index (χ4v) is 2.82. The van der Waals surface area contributed by atoms with Crippen LogP contribution in [-0.4, -0.2) is 28.0 Å².